The number of hydrogen-bond donors (Lipinski definition) is 2. The Hall–Kier alpha value is -2.10. The molecule has 150 valence electrons. The van der Waals surface area contributed by atoms with Crippen LogP contribution in [0.25, 0.3) is 0 Å². The number of rotatable bonds is 8. The van der Waals surface area contributed by atoms with Crippen LogP contribution in [-0.4, -0.2) is 37.8 Å². The average Bonchev–Trinajstić information content (AvgIpc) is 3.10. The van der Waals surface area contributed by atoms with E-state index in [0.717, 1.165) is 37.0 Å². The fourth-order valence-electron chi connectivity index (χ4n) is 2.70. The molecular weight excluding hydrogens is 377 g/mol. The Kier molecular flexibility index (Phi) is 7.23. The largest absolute Gasteiger partial charge is 0.435 e. The van der Waals surface area contributed by atoms with Gasteiger partial charge in [-0.25, -0.2) is 0 Å². The van der Waals surface area contributed by atoms with Crippen molar-refractivity contribution in [2.24, 2.45) is 0 Å². The van der Waals surface area contributed by atoms with Gasteiger partial charge in [0.25, 0.3) is 0 Å². The van der Waals surface area contributed by atoms with Crippen LogP contribution in [0.5, 0.6) is 0 Å². The molecule has 0 unspecified atom stereocenters. The molecule has 0 aliphatic carbocycles. The molecule has 0 saturated heterocycles. The van der Waals surface area contributed by atoms with Crippen LogP contribution < -0.4 is 10.6 Å². The highest BCUT2D eigenvalue weighted by Crippen LogP contribution is 2.28. The number of thiocarbonyl (C=S) groups is 1. The van der Waals surface area contributed by atoms with Crippen LogP contribution in [0.1, 0.15) is 35.6 Å². The maximum atomic E-state index is 12.6. The van der Waals surface area contributed by atoms with E-state index >= 15 is 0 Å². The van der Waals surface area contributed by atoms with Gasteiger partial charge in [0.05, 0.1) is 5.69 Å². The molecule has 0 radical (unpaired) electrons. The Bertz CT molecular complexity index is 765. The van der Waals surface area contributed by atoms with E-state index in [-0.39, 0.29) is 0 Å². The maximum absolute atomic E-state index is 12.6. The Balaban J connectivity index is 1.61. The highest BCUT2D eigenvalue weighted by atomic mass is 32.1. The molecule has 0 spiro atoms. The van der Waals surface area contributed by atoms with Crippen molar-refractivity contribution >= 4 is 17.3 Å². The maximum Gasteiger partial charge on any atom is 0.435 e. The summed E-state index contributed by atoms with van der Waals surface area (Å²) in [5.41, 5.74) is 1.78. The van der Waals surface area contributed by atoms with Crippen LogP contribution in [0.3, 0.4) is 0 Å². The summed E-state index contributed by atoms with van der Waals surface area (Å²) in [5.74, 6) is 0. The number of halogens is 3. The van der Waals surface area contributed by atoms with Crippen molar-refractivity contribution in [2.45, 2.75) is 52.9 Å². The first-order valence-corrected chi connectivity index (χ1v) is 9.22. The second-order valence-corrected chi connectivity index (χ2v) is 6.84. The molecule has 0 amide bonds. The van der Waals surface area contributed by atoms with E-state index in [4.69, 9.17) is 12.2 Å². The molecule has 2 aromatic heterocycles. The van der Waals surface area contributed by atoms with Gasteiger partial charge in [-0.2, -0.15) is 23.4 Å². The lowest BCUT2D eigenvalue weighted by atomic mass is 10.3. The fraction of sp³-hybridized carbons (Fsp3) is 0.588. The summed E-state index contributed by atoms with van der Waals surface area (Å²) in [4.78, 5) is 0. The smallest absolute Gasteiger partial charge is 0.363 e. The van der Waals surface area contributed by atoms with Gasteiger partial charge in [0.2, 0.25) is 0 Å². The molecular formula is C17H25F3N6S. The quantitative estimate of drug-likeness (QED) is 0.525. The van der Waals surface area contributed by atoms with Crippen LogP contribution >= 0.6 is 12.2 Å². The van der Waals surface area contributed by atoms with Crippen LogP contribution in [0, 0.1) is 20.8 Å². The van der Waals surface area contributed by atoms with E-state index < -0.39 is 11.9 Å². The molecule has 0 bridgehead atoms. The van der Waals surface area contributed by atoms with E-state index in [9.17, 15) is 13.2 Å². The molecule has 2 heterocycles. The third-order valence-electron chi connectivity index (χ3n) is 4.04. The van der Waals surface area contributed by atoms with Crippen molar-refractivity contribution in [3.8, 4) is 0 Å². The summed E-state index contributed by atoms with van der Waals surface area (Å²) in [7, 11) is 0. The lowest BCUT2D eigenvalue weighted by molar-refractivity contribution is -0.141. The summed E-state index contributed by atoms with van der Waals surface area (Å²) in [5, 5.41) is 14.7. The topological polar surface area (TPSA) is 59.7 Å². The molecule has 27 heavy (non-hydrogen) atoms. The second kappa shape index (κ2) is 9.20. The fourth-order valence-corrected chi connectivity index (χ4v) is 2.90. The number of aromatic nitrogens is 4. The van der Waals surface area contributed by atoms with E-state index in [2.05, 4.69) is 20.8 Å². The normalized spacial score (nSPS) is 11.6. The first kappa shape index (κ1) is 21.2. The lowest BCUT2D eigenvalue weighted by Crippen LogP contribution is -2.36. The molecule has 0 aliphatic rings. The van der Waals surface area contributed by atoms with Crippen molar-refractivity contribution in [1.29, 1.82) is 0 Å². The molecule has 6 nitrogen and oxygen atoms in total. The summed E-state index contributed by atoms with van der Waals surface area (Å²) in [6.45, 7) is 8.10. The highest BCUT2D eigenvalue weighted by molar-refractivity contribution is 7.80. The van der Waals surface area contributed by atoms with Crippen molar-refractivity contribution in [2.75, 3.05) is 13.1 Å². The van der Waals surface area contributed by atoms with Gasteiger partial charge in [0.1, 0.15) is 0 Å². The van der Waals surface area contributed by atoms with Gasteiger partial charge in [-0.3, -0.25) is 9.36 Å². The second-order valence-electron chi connectivity index (χ2n) is 6.43. The molecule has 10 heteroatoms. The predicted octanol–water partition coefficient (Wildman–Crippen LogP) is 2.97. The molecule has 0 saturated carbocycles. The zero-order valence-corrected chi connectivity index (χ0v) is 16.5. The SMILES string of the molecule is Cc1cc(C)n(CCCNC(=S)NCCCn2nc(C(F)(F)F)cc2C)n1. The zero-order chi connectivity index (χ0) is 20.0. The Morgan fingerprint density at radius 2 is 1.48 bits per heavy atom. The van der Waals surface area contributed by atoms with Crippen molar-refractivity contribution < 1.29 is 13.2 Å². The minimum atomic E-state index is -4.41. The lowest BCUT2D eigenvalue weighted by Gasteiger charge is -2.11. The molecule has 0 fully saturated rings. The number of nitrogens with zero attached hydrogens (tertiary/aromatic N) is 4. The van der Waals surface area contributed by atoms with E-state index in [0.29, 0.717) is 30.3 Å². The Labute approximate surface area is 162 Å². The van der Waals surface area contributed by atoms with Crippen molar-refractivity contribution in [3.05, 3.63) is 34.9 Å². The number of nitrogens with one attached hydrogen (secondary N) is 2. The highest BCUT2D eigenvalue weighted by Gasteiger charge is 2.34. The number of aryl methyl sites for hydroxylation is 5. The molecule has 0 aliphatic heterocycles. The average molecular weight is 402 g/mol. The predicted molar refractivity (Wildman–Crippen MR) is 102 cm³/mol. The monoisotopic (exact) mass is 402 g/mol. The van der Waals surface area contributed by atoms with Gasteiger partial charge < -0.3 is 10.6 Å². The summed E-state index contributed by atoms with van der Waals surface area (Å²) < 4.78 is 41.2. The minimum Gasteiger partial charge on any atom is -0.363 e. The molecule has 2 rings (SSSR count). The first-order valence-electron chi connectivity index (χ1n) is 8.81. The van der Waals surface area contributed by atoms with Gasteiger partial charge in [0.15, 0.2) is 10.8 Å². The van der Waals surface area contributed by atoms with Gasteiger partial charge >= 0.3 is 6.18 Å². The third kappa shape index (κ3) is 6.53. The standard InChI is InChI=1S/C17H25F3N6S/c1-12-10-13(2)25(23-12)8-4-6-21-16(27)22-7-5-9-26-14(3)11-15(24-26)17(18,19)20/h10-11H,4-9H2,1-3H3,(H2,21,22,27). The van der Waals surface area contributed by atoms with Crippen molar-refractivity contribution in [1.82, 2.24) is 30.2 Å². The number of alkyl halides is 3. The van der Waals surface area contributed by atoms with E-state index in [1.807, 2.05) is 24.6 Å². The van der Waals surface area contributed by atoms with Gasteiger partial charge in [-0.15, -0.1) is 0 Å². The van der Waals surface area contributed by atoms with Crippen molar-refractivity contribution in [3.63, 3.8) is 0 Å². The zero-order valence-electron chi connectivity index (χ0n) is 15.7. The summed E-state index contributed by atoms with van der Waals surface area (Å²) in [6, 6.07) is 3.10. The van der Waals surface area contributed by atoms with Crippen LogP contribution in [0.15, 0.2) is 12.1 Å². The third-order valence-corrected chi connectivity index (χ3v) is 4.33. The van der Waals surface area contributed by atoms with Crippen LogP contribution in [0.4, 0.5) is 13.2 Å². The summed E-state index contributed by atoms with van der Waals surface area (Å²) in [6.07, 6.45) is -2.91. The molecule has 0 atom stereocenters. The first-order chi connectivity index (χ1) is 12.7. The minimum absolute atomic E-state index is 0.398. The Morgan fingerprint density at radius 3 is 1.93 bits per heavy atom. The van der Waals surface area contributed by atoms with Crippen LogP contribution in [-0.2, 0) is 19.3 Å². The van der Waals surface area contributed by atoms with E-state index in [1.54, 1.807) is 6.92 Å². The van der Waals surface area contributed by atoms with Gasteiger partial charge in [-0.05, 0) is 58.0 Å². The molecule has 2 N–H and O–H groups in total. The van der Waals surface area contributed by atoms with Gasteiger partial charge in [0, 0.05) is 37.6 Å². The van der Waals surface area contributed by atoms with Gasteiger partial charge in [-0.1, -0.05) is 0 Å². The van der Waals surface area contributed by atoms with E-state index in [1.165, 1.54) is 4.68 Å². The molecule has 2 aromatic rings. The summed E-state index contributed by atoms with van der Waals surface area (Å²) >= 11 is 5.21. The Morgan fingerprint density at radius 1 is 0.963 bits per heavy atom. The molecule has 0 aromatic carbocycles. The van der Waals surface area contributed by atoms with Crippen LogP contribution in [0.2, 0.25) is 0 Å². The number of hydrogen-bond acceptors (Lipinski definition) is 3.